The predicted octanol–water partition coefficient (Wildman–Crippen LogP) is 4.22. The fourth-order valence-corrected chi connectivity index (χ4v) is 4.83. The van der Waals surface area contributed by atoms with Crippen molar-refractivity contribution in [2.75, 3.05) is 26.2 Å². The van der Waals surface area contributed by atoms with Gasteiger partial charge in [-0.2, -0.15) is 0 Å². The third-order valence-corrected chi connectivity index (χ3v) is 6.46. The van der Waals surface area contributed by atoms with Gasteiger partial charge in [-0.15, -0.1) is 22.7 Å². The lowest BCUT2D eigenvalue weighted by Crippen LogP contribution is -2.35. The van der Waals surface area contributed by atoms with Gasteiger partial charge in [-0.25, -0.2) is 4.98 Å². The third-order valence-electron chi connectivity index (χ3n) is 4.58. The Kier molecular flexibility index (Phi) is 5.43. The van der Waals surface area contributed by atoms with Gasteiger partial charge in [-0.05, 0) is 23.4 Å². The van der Waals surface area contributed by atoms with E-state index in [1.54, 1.807) is 22.7 Å². The van der Waals surface area contributed by atoms with Gasteiger partial charge in [-0.1, -0.05) is 36.4 Å². The summed E-state index contributed by atoms with van der Waals surface area (Å²) in [6, 6.07) is 14.6. The lowest BCUT2D eigenvalue weighted by atomic mass is 10.2. The van der Waals surface area contributed by atoms with E-state index in [9.17, 15) is 4.79 Å². The van der Waals surface area contributed by atoms with Crippen LogP contribution >= 0.6 is 22.7 Å². The van der Waals surface area contributed by atoms with Crippen molar-refractivity contribution >= 4 is 28.6 Å². The largest absolute Gasteiger partial charge is 0.336 e. The normalized spacial score (nSPS) is 15.8. The van der Waals surface area contributed by atoms with Crippen molar-refractivity contribution in [2.24, 2.45) is 0 Å². The molecule has 4 rings (SSSR count). The average Bonchev–Trinajstić information content (AvgIpc) is 3.31. The third kappa shape index (κ3) is 4.03. The number of carbonyl (C=O) groups excluding carboxylic acids is 1. The van der Waals surface area contributed by atoms with E-state index in [0.717, 1.165) is 49.0 Å². The minimum absolute atomic E-state index is 0.0608. The number of thiophene rings is 1. The molecule has 0 bridgehead atoms. The number of hydrogen-bond donors (Lipinski definition) is 0. The van der Waals surface area contributed by atoms with Crippen molar-refractivity contribution < 1.29 is 4.79 Å². The highest BCUT2D eigenvalue weighted by atomic mass is 32.1. The Morgan fingerprint density at radius 3 is 2.69 bits per heavy atom. The highest BCUT2D eigenvalue weighted by molar-refractivity contribution is 7.20. The maximum atomic E-state index is 12.9. The summed E-state index contributed by atoms with van der Waals surface area (Å²) in [5.74, 6) is 0.0608. The second kappa shape index (κ2) is 8.12. The van der Waals surface area contributed by atoms with Crippen molar-refractivity contribution in [2.45, 2.75) is 13.0 Å². The predicted molar refractivity (Wildman–Crippen MR) is 108 cm³/mol. The second-order valence-electron chi connectivity index (χ2n) is 6.42. The van der Waals surface area contributed by atoms with Crippen LogP contribution in [0.4, 0.5) is 0 Å². The summed E-state index contributed by atoms with van der Waals surface area (Å²) >= 11 is 3.21. The SMILES string of the molecule is O=C(c1csc(-c2cccs2)n1)N1CCCN(Cc2ccccc2)CC1. The monoisotopic (exact) mass is 383 g/mol. The molecule has 0 radical (unpaired) electrons. The molecule has 0 spiro atoms. The molecule has 0 saturated carbocycles. The van der Waals surface area contributed by atoms with Crippen LogP contribution in [0.2, 0.25) is 0 Å². The van der Waals surface area contributed by atoms with Crippen LogP contribution in [0.15, 0.2) is 53.2 Å². The number of hydrogen-bond acceptors (Lipinski definition) is 5. The zero-order valence-corrected chi connectivity index (χ0v) is 16.1. The van der Waals surface area contributed by atoms with Gasteiger partial charge in [0, 0.05) is 38.1 Å². The van der Waals surface area contributed by atoms with Gasteiger partial charge in [0.15, 0.2) is 0 Å². The van der Waals surface area contributed by atoms with Gasteiger partial charge >= 0.3 is 0 Å². The molecule has 1 fully saturated rings. The number of benzene rings is 1. The van der Waals surface area contributed by atoms with Crippen LogP contribution in [0.5, 0.6) is 0 Å². The van der Waals surface area contributed by atoms with Crippen LogP contribution < -0.4 is 0 Å². The molecule has 0 unspecified atom stereocenters. The van der Waals surface area contributed by atoms with Crippen molar-refractivity contribution in [3.05, 3.63) is 64.5 Å². The van der Waals surface area contributed by atoms with Crippen molar-refractivity contribution in [1.82, 2.24) is 14.8 Å². The maximum Gasteiger partial charge on any atom is 0.273 e. The lowest BCUT2D eigenvalue weighted by molar-refractivity contribution is 0.0756. The summed E-state index contributed by atoms with van der Waals surface area (Å²) in [6.45, 7) is 4.44. The minimum atomic E-state index is 0.0608. The number of nitrogens with zero attached hydrogens (tertiary/aromatic N) is 3. The number of thiazole rings is 1. The van der Waals surface area contributed by atoms with E-state index in [4.69, 9.17) is 0 Å². The molecule has 134 valence electrons. The number of rotatable bonds is 4. The maximum absolute atomic E-state index is 12.9. The lowest BCUT2D eigenvalue weighted by Gasteiger charge is -2.21. The first kappa shape index (κ1) is 17.4. The standard InChI is InChI=1S/C20H21N3OS2/c24-20(17-15-26-19(21-17)18-8-4-13-25-18)23-10-5-9-22(11-12-23)14-16-6-2-1-3-7-16/h1-4,6-8,13,15H,5,9-12,14H2. The van der Waals surface area contributed by atoms with Gasteiger partial charge in [0.2, 0.25) is 0 Å². The molecule has 1 aromatic carbocycles. The molecule has 4 nitrogen and oxygen atoms in total. The quantitative estimate of drug-likeness (QED) is 0.677. The van der Waals surface area contributed by atoms with Gasteiger partial charge in [0.25, 0.3) is 5.91 Å². The van der Waals surface area contributed by atoms with Crippen LogP contribution in [0.1, 0.15) is 22.5 Å². The molecular formula is C20H21N3OS2. The van der Waals surface area contributed by atoms with E-state index >= 15 is 0 Å². The summed E-state index contributed by atoms with van der Waals surface area (Å²) in [5.41, 5.74) is 1.90. The first-order chi connectivity index (χ1) is 12.8. The number of amides is 1. The summed E-state index contributed by atoms with van der Waals surface area (Å²) in [5, 5.41) is 4.86. The Bertz CT molecular complexity index is 845. The van der Waals surface area contributed by atoms with Crippen LogP contribution in [-0.4, -0.2) is 46.9 Å². The van der Waals surface area contributed by atoms with Gasteiger partial charge in [0.1, 0.15) is 10.7 Å². The Morgan fingerprint density at radius 2 is 1.88 bits per heavy atom. The van der Waals surface area contributed by atoms with Crippen molar-refractivity contribution in [3.63, 3.8) is 0 Å². The fraction of sp³-hybridized carbons (Fsp3) is 0.300. The van der Waals surface area contributed by atoms with Crippen LogP contribution in [0.3, 0.4) is 0 Å². The first-order valence-corrected chi connectivity index (χ1v) is 10.6. The smallest absolute Gasteiger partial charge is 0.273 e. The summed E-state index contributed by atoms with van der Waals surface area (Å²) in [6.07, 6.45) is 1.00. The second-order valence-corrected chi connectivity index (χ2v) is 8.23. The molecular weight excluding hydrogens is 362 g/mol. The van der Waals surface area contributed by atoms with Crippen molar-refractivity contribution in [1.29, 1.82) is 0 Å². The molecule has 1 aliphatic rings. The van der Waals surface area contributed by atoms with Gasteiger partial charge in [0.05, 0.1) is 4.88 Å². The van der Waals surface area contributed by atoms with Crippen LogP contribution in [0, 0.1) is 0 Å². The van der Waals surface area contributed by atoms with Gasteiger partial charge in [-0.3, -0.25) is 9.69 Å². The molecule has 2 aromatic heterocycles. The molecule has 0 N–H and O–H groups in total. The van der Waals surface area contributed by atoms with E-state index in [1.165, 1.54) is 5.56 Å². The van der Waals surface area contributed by atoms with E-state index in [1.807, 2.05) is 33.9 Å². The highest BCUT2D eigenvalue weighted by Gasteiger charge is 2.22. The number of aromatic nitrogens is 1. The Hall–Kier alpha value is -2.02. The summed E-state index contributed by atoms with van der Waals surface area (Å²) in [7, 11) is 0. The summed E-state index contributed by atoms with van der Waals surface area (Å²) < 4.78 is 0. The van der Waals surface area contributed by atoms with Gasteiger partial charge < -0.3 is 4.90 Å². The Balaban J connectivity index is 1.38. The molecule has 1 saturated heterocycles. The molecule has 0 atom stereocenters. The van der Waals surface area contributed by atoms with Crippen LogP contribution in [-0.2, 0) is 6.54 Å². The minimum Gasteiger partial charge on any atom is -0.336 e. The van der Waals surface area contributed by atoms with E-state index in [2.05, 4.69) is 34.1 Å². The summed E-state index contributed by atoms with van der Waals surface area (Å²) in [4.78, 5) is 22.9. The molecule has 26 heavy (non-hydrogen) atoms. The van der Waals surface area contributed by atoms with E-state index < -0.39 is 0 Å². The molecule has 1 amide bonds. The zero-order chi connectivity index (χ0) is 17.8. The highest BCUT2D eigenvalue weighted by Crippen LogP contribution is 2.28. The number of carbonyl (C=O) groups is 1. The van der Waals surface area contributed by atoms with Crippen molar-refractivity contribution in [3.8, 4) is 9.88 Å². The Labute approximate surface area is 161 Å². The molecule has 1 aliphatic heterocycles. The zero-order valence-electron chi connectivity index (χ0n) is 14.5. The van der Waals surface area contributed by atoms with E-state index in [0.29, 0.717) is 5.69 Å². The molecule has 6 heteroatoms. The molecule has 0 aliphatic carbocycles. The van der Waals surface area contributed by atoms with E-state index in [-0.39, 0.29) is 5.91 Å². The van der Waals surface area contributed by atoms with Crippen LogP contribution in [0.25, 0.3) is 9.88 Å². The molecule has 3 heterocycles. The average molecular weight is 384 g/mol. The topological polar surface area (TPSA) is 36.4 Å². The Morgan fingerprint density at radius 1 is 1.00 bits per heavy atom. The molecule has 3 aromatic rings. The fourth-order valence-electron chi connectivity index (χ4n) is 3.22. The first-order valence-electron chi connectivity index (χ1n) is 8.84.